The summed E-state index contributed by atoms with van der Waals surface area (Å²) in [5.74, 6) is 0. The van der Waals surface area contributed by atoms with Crippen molar-refractivity contribution in [2.75, 3.05) is 19.3 Å². The molecule has 0 aliphatic heterocycles. The first-order valence-electron chi connectivity index (χ1n) is 7.29. The summed E-state index contributed by atoms with van der Waals surface area (Å²) in [5.41, 5.74) is 1.07. The van der Waals surface area contributed by atoms with Gasteiger partial charge in [-0.25, -0.2) is 21.6 Å². The Morgan fingerprint density at radius 1 is 1.14 bits per heavy atom. The lowest BCUT2D eigenvalue weighted by molar-refractivity contribution is 0.410. The van der Waals surface area contributed by atoms with E-state index in [0.29, 0.717) is 0 Å². The molecule has 124 valence electrons. The summed E-state index contributed by atoms with van der Waals surface area (Å²) in [6.07, 6.45) is 3.69. The van der Waals surface area contributed by atoms with Crippen molar-refractivity contribution in [2.24, 2.45) is 0 Å². The SMILES string of the molecule is CCc1ccc(S(=O)(=O)NCCN(C2CC2)S(C)(=O)=O)cc1. The van der Waals surface area contributed by atoms with Crippen molar-refractivity contribution in [3.05, 3.63) is 29.8 Å². The minimum atomic E-state index is -3.60. The molecule has 1 aromatic rings. The normalized spacial score (nSPS) is 16.1. The largest absolute Gasteiger partial charge is 0.240 e. The topological polar surface area (TPSA) is 83.6 Å². The van der Waals surface area contributed by atoms with Crippen LogP contribution in [0.3, 0.4) is 0 Å². The predicted octanol–water partition coefficient (Wildman–Crippen LogP) is 0.951. The fraction of sp³-hybridized carbons (Fsp3) is 0.571. The third-order valence-electron chi connectivity index (χ3n) is 3.65. The van der Waals surface area contributed by atoms with Gasteiger partial charge in [0.1, 0.15) is 0 Å². The minimum Gasteiger partial charge on any atom is -0.212 e. The maximum Gasteiger partial charge on any atom is 0.240 e. The van der Waals surface area contributed by atoms with Crippen LogP contribution in [0.25, 0.3) is 0 Å². The third kappa shape index (κ3) is 4.52. The fourth-order valence-electron chi connectivity index (χ4n) is 2.26. The molecule has 8 heteroatoms. The predicted molar refractivity (Wildman–Crippen MR) is 85.6 cm³/mol. The van der Waals surface area contributed by atoms with E-state index in [4.69, 9.17) is 0 Å². The van der Waals surface area contributed by atoms with Gasteiger partial charge in [0.25, 0.3) is 0 Å². The summed E-state index contributed by atoms with van der Waals surface area (Å²) in [6.45, 7) is 2.23. The van der Waals surface area contributed by atoms with Crippen molar-refractivity contribution in [1.29, 1.82) is 0 Å². The Bertz CT molecular complexity index is 708. The number of nitrogens with zero attached hydrogens (tertiary/aromatic N) is 1. The van der Waals surface area contributed by atoms with E-state index in [2.05, 4.69) is 4.72 Å². The van der Waals surface area contributed by atoms with Gasteiger partial charge in [-0.05, 0) is 37.0 Å². The summed E-state index contributed by atoms with van der Waals surface area (Å²) in [4.78, 5) is 0.196. The van der Waals surface area contributed by atoms with Crippen LogP contribution in [0.5, 0.6) is 0 Å². The summed E-state index contributed by atoms with van der Waals surface area (Å²) in [7, 11) is -6.90. The second-order valence-electron chi connectivity index (χ2n) is 5.50. The summed E-state index contributed by atoms with van der Waals surface area (Å²) in [6, 6.07) is 6.72. The Kier molecular flexibility index (Phi) is 5.26. The number of hydrogen-bond acceptors (Lipinski definition) is 4. The van der Waals surface area contributed by atoms with Gasteiger partial charge >= 0.3 is 0 Å². The average Bonchev–Trinajstić information content (AvgIpc) is 3.26. The molecule has 1 aromatic carbocycles. The summed E-state index contributed by atoms with van der Waals surface area (Å²) < 4.78 is 51.5. The molecule has 1 fully saturated rings. The Labute approximate surface area is 132 Å². The number of sulfonamides is 2. The molecule has 0 bridgehead atoms. The van der Waals surface area contributed by atoms with Crippen LogP contribution in [0, 0.1) is 0 Å². The zero-order chi connectivity index (χ0) is 16.4. The molecule has 1 aliphatic rings. The van der Waals surface area contributed by atoms with E-state index in [1.54, 1.807) is 24.3 Å². The summed E-state index contributed by atoms with van der Waals surface area (Å²) in [5, 5.41) is 0. The fourth-order valence-corrected chi connectivity index (χ4v) is 4.46. The van der Waals surface area contributed by atoms with Gasteiger partial charge in [0.2, 0.25) is 20.0 Å². The molecule has 1 aliphatic carbocycles. The molecule has 2 rings (SSSR count). The molecule has 22 heavy (non-hydrogen) atoms. The first-order valence-corrected chi connectivity index (χ1v) is 10.6. The lowest BCUT2D eigenvalue weighted by atomic mass is 10.2. The lowest BCUT2D eigenvalue weighted by Crippen LogP contribution is -2.39. The molecular weight excluding hydrogens is 324 g/mol. The van der Waals surface area contributed by atoms with E-state index in [1.807, 2.05) is 6.92 Å². The maximum atomic E-state index is 12.2. The van der Waals surface area contributed by atoms with E-state index in [0.717, 1.165) is 31.1 Å². The van der Waals surface area contributed by atoms with Crippen LogP contribution in [-0.4, -0.2) is 46.5 Å². The first-order chi connectivity index (χ1) is 10.2. The molecule has 0 saturated heterocycles. The Hall–Kier alpha value is -0.960. The van der Waals surface area contributed by atoms with Gasteiger partial charge in [-0.15, -0.1) is 0 Å². The van der Waals surface area contributed by atoms with Gasteiger partial charge in [-0.1, -0.05) is 19.1 Å². The number of aryl methyl sites for hydroxylation is 1. The highest BCUT2D eigenvalue weighted by molar-refractivity contribution is 7.89. The van der Waals surface area contributed by atoms with E-state index >= 15 is 0 Å². The van der Waals surface area contributed by atoms with Crippen molar-refractivity contribution in [3.8, 4) is 0 Å². The van der Waals surface area contributed by atoms with Gasteiger partial charge in [0.15, 0.2) is 0 Å². The van der Waals surface area contributed by atoms with Crippen LogP contribution in [-0.2, 0) is 26.5 Å². The standard InChI is InChI=1S/C14H22N2O4S2/c1-3-12-4-8-14(9-5-12)22(19,20)15-10-11-16(13-6-7-13)21(2,17)18/h4-5,8-9,13,15H,3,6-7,10-11H2,1-2H3. The van der Waals surface area contributed by atoms with Crippen LogP contribution in [0.15, 0.2) is 29.2 Å². The Balaban J connectivity index is 1.97. The Morgan fingerprint density at radius 3 is 2.18 bits per heavy atom. The van der Waals surface area contributed by atoms with E-state index in [9.17, 15) is 16.8 Å². The third-order valence-corrected chi connectivity index (χ3v) is 6.46. The first kappa shape index (κ1) is 17.4. The lowest BCUT2D eigenvalue weighted by Gasteiger charge is -2.19. The zero-order valence-corrected chi connectivity index (χ0v) is 14.5. The van der Waals surface area contributed by atoms with Gasteiger partial charge in [0.05, 0.1) is 11.2 Å². The number of hydrogen-bond donors (Lipinski definition) is 1. The van der Waals surface area contributed by atoms with Crippen LogP contribution in [0.2, 0.25) is 0 Å². The van der Waals surface area contributed by atoms with Gasteiger partial charge in [-0.2, -0.15) is 4.31 Å². The molecule has 1 N–H and O–H groups in total. The van der Waals surface area contributed by atoms with Gasteiger partial charge in [-0.3, -0.25) is 0 Å². The van der Waals surface area contributed by atoms with Crippen molar-refractivity contribution >= 4 is 20.0 Å². The molecule has 0 heterocycles. The highest BCUT2D eigenvalue weighted by Gasteiger charge is 2.34. The number of nitrogens with one attached hydrogen (secondary N) is 1. The van der Waals surface area contributed by atoms with Crippen molar-refractivity contribution < 1.29 is 16.8 Å². The van der Waals surface area contributed by atoms with E-state index < -0.39 is 20.0 Å². The Morgan fingerprint density at radius 2 is 1.73 bits per heavy atom. The molecule has 0 aromatic heterocycles. The molecular formula is C14H22N2O4S2. The van der Waals surface area contributed by atoms with Crippen molar-refractivity contribution in [2.45, 2.75) is 37.1 Å². The average molecular weight is 346 g/mol. The van der Waals surface area contributed by atoms with Gasteiger partial charge in [0, 0.05) is 19.1 Å². The van der Waals surface area contributed by atoms with Crippen molar-refractivity contribution in [3.63, 3.8) is 0 Å². The molecule has 0 atom stereocenters. The quantitative estimate of drug-likeness (QED) is 0.760. The van der Waals surface area contributed by atoms with Gasteiger partial charge < -0.3 is 0 Å². The van der Waals surface area contributed by atoms with Crippen LogP contribution >= 0.6 is 0 Å². The number of benzene rings is 1. The van der Waals surface area contributed by atoms with Crippen LogP contribution in [0.1, 0.15) is 25.3 Å². The molecule has 6 nitrogen and oxygen atoms in total. The van der Waals surface area contributed by atoms with Crippen LogP contribution in [0.4, 0.5) is 0 Å². The van der Waals surface area contributed by atoms with Crippen LogP contribution < -0.4 is 4.72 Å². The molecule has 0 radical (unpaired) electrons. The second kappa shape index (κ2) is 6.66. The summed E-state index contributed by atoms with van der Waals surface area (Å²) >= 11 is 0. The second-order valence-corrected chi connectivity index (χ2v) is 9.20. The zero-order valence-electron chi connectivity index (χ0n) is 12.8. The molecule has 1 saturated carbocycles. The molecule has 0 spiro atoms. The highest BCUT2D eigenvalue weighted by Crippen LogP contribution is 2.28. The molecule has 0 unspecified atom stereocenters. The molecule has 0 amide bonds. The van der Waals surface area contributed by atoms with Crippen molar-refractivity contribution in [1.82, 2.24) is 9.03 Å². The van der Waals surface area contributed by atoms with E-state index in [-0.39, 0.29) is 24.0 Å². The highest BCUT2D eigenvalue weighted by atomic mass is 32.2. The van der Waals surface area contributed by atoms with E-state index in [1.165, 1.54) is 4.31 Å². The smallest absolute Gasteiger partial charge is 0.212 e. The minimum absolute atomic E-state index is 0.0309. The maximum absolute atomic E-state index is 12.2. The number of rotatable bonds is 8. The monoisotopic (exact) mass is 346 g/mol.